The Bertz CT molecular complexity index is 208. The third-order valence-electron chi connectivity index (χ3n) is 3.97. The summed E-state index contributed by atoms with van der Waals surface area (Å²) in [5.41, 5.74) is 0. The van der Waals surface area contributed by atoms with E-state index in [1.807, 2.05) is 0 Å². The molecule has 0 bridgehead atoms. The molecule has 3 unspecified atom stereocenters. The van der Waals surface area contributed by atoms with Crippen LogP contribution in [0.4, 0.5) is 0 Å². The fourth-order valence-corrected chi connectivity index (χ4v) is 2.37. The van der Waals surface area contributed by atoms with Crippen molar-refractivity contribution in [2.75, 3.05) is 26.7 Å². The quantitative estimate of drug-likeness (QED) is 0.740. The fourth-order valence-electron chi connectivity index (χ4n) is 2.37. The molecule has 0 aromatic rings. The molecule has 1 rings (SSSR count). The molecule has 0 saturated carbocycles. The van der Waals surface area contributed by atoms with Gasteiger partial charge in [0.2, 0.25) is 0 Å². The van der Waals surface area contributed by atoms with Gasteiger partial charge < -0.3 is 15.0 Å². The molecule has 1 heterocycles. The molecule has 0 aliphatic carbocycles. The molecule has 0 aromatic carbocycles. The monoisotopic (exact) mass is 242 g/mol. The predicted molar refractivity (Wildman–Crippen MR) is 73.4 cm³/mol. The van der Waals surface area contributed by atoms with Crippen LogP contribution in [0.3, 0.4) is 0 Å². The van der Waals surface area contributed by atoms with E-state index >= 15 is 0 Å². The van der Waals surface area contributed by atoms with E-state index in [4.69, 9.17) is 4.74 Å². The summed E-state index contributed by atoms with van der Waals surface area (Å²) in [6.07, 6.45) is 3.29. The molecule has 1 N–H and O–H groups in total. The standard InChI is InChI=1S/C14H30N2O/c1-6-15-9-13-7-8-14(17-13)10-16(5)12(4)11(2)3/h11-15H,6-10H2,1-5H3. The van der Waals surface area contributed by atoms with Gasteiger partial charge in [-0.25, -0.2) is 0 Å². The van der Waals surface area contributed by atoms with Crippen molar-refractivity contribution in [1.82, 2.24) is 10.2 Å². The highest BCUT2D eigenvalue weighted by Gasteiger charge is 2.27. The molecule has 1 saturated heterocycles. The Balaban J connectivity index is 2.25. The van der Waals surface area contributed by atoms with Crippen LogP contribution in [0, 0.1) is 5.92 Å². The van der Waals surface area contributed by atoms with Crippen LogP contribution < -0.4 is 5.32 Å². The second-order valence-electron chi connectivity index (χ2n) is 5.69. The zero-order chi connectivity index (χ0) is 12.8. The molecule has 0 radical (unpaired) electrons. The summed E-state index contributed by atoms with van der Waals surface area (Å²) in [7, 11) is 2.21. The van der Waals surface area contributed by atoms with Crippen LogP contribution in [0.15, 0.2) is 0 Å². The van der Waals surface area contributed by atoms with Crippen LogP contribution in [0.5, 0.6) is 0 Å². The van der Waals surface area contributed by atoms with E-state index < -0.39 is 0 Å². The first-order valence-electron chi connectivity index (χ1n) is 7.11. The van der Waals surface area contributed by atoms with Gasteiger partial charge in [-0.05, 0) is 39.3 Å². The van der Waals surface area contributed by atoms with Crippen molar-refractivity contribution in [1.29, 1.82) is 0 Å². The summed E-state index contributed by atoms with van der Waals surface area (Å²) >= 11 is 0. The SMILES string of the molecule is CCNCC1CCC(CN(C)C(C)C(C)C)O1. The van der Waals surface area contributed by atoms with Crippen LogP contribution in [0.1, 0.15) is 40.5 Å². The minimum atomic E-state index is 0.433. The van der Waals surface area contributed by atoms with Crippen molar-refractivity contribution in [2.45, 2.75) is 58.8 Å². The number of nitrogens with zero attached hydrogens (tertiary/aromatic N) is 1. The van der Waals surface area contributed by atoms with Gasteiger partial charge in [0.05, 0.1) is 12.2 Å². The summed E-state index contributed by atoms with van der Waals surface area (Å²) in [4.78, 5) is 2.44. The van der Waals surface area contributed by atoms with Gasteiger partial charge in [0.25, 0.3) is 0 Å². The van der Waals surface area contributed by atoms with E-state index in [2.05, 4.69) is 45.0 Å². The van der Waals surface area contributed by atoms with Gasteiger partial charge in [0.1, 0.15) is 0 Å². The summed E-state index contributed by atoms with van der Waals surface area (Å²) in [5, 5.41) is 3.37. The third kappa shape index (κ3) is 4.94. The maximum absolute atomic E-state index is 6.06. The third-order valence-corrected chi connectivity index (χ3v) is 3.97. The maximum atomic E-state index is 6.06. The summed E-state index contributed by atoms with van der Waals surface area (Å²) < 4.78 is 6.06. The van der Waals surface area contributed by atoms with Crippen molar-refractivity contribution in [3.63, 3.8) is 0 Å². The highest BCUT2D eigenvalue weighted by molar-refractivity contribution is 4.79. The summed E-state index contributed by atoms with van der Waals surface area (Å²) in [6.45, 7) is 12.1. The molecule has 0 aromatic heterocycles. The minimum Gasteiger partial charge on any atom is -0.372 e. The van der Waals surface area contributed by atoms with Crippen LogP contribution in [-0.2, 0) is 4.74 Å². The van der Waals surface area contributed by atoms with Gasteiger partial charge in [-0.3, -0.25) is 0 Å². The van der Waals surface area contributed by atoms with E-state index in [1.54, 1.807) is 0 Å². The second kappa shape index (κ2) is 7.34. The number of nitrogens with one attached hydrogen (secondary N) is 1. The Morgan fingerprint density at radius 2 is 1.88 bits per heavy atom. The summed E-state index contributed by atoms with van der Waals surface area (Å²) in [6, 6.07) is 0.631. The Morgan fingerprint density at radius 1 is 1.24 bits per heavy atom. The van der Waals surface area contributed by atoms with Gasteiger partial charge >= 0.3 is 0 Å². The largest absolute Gasteiger partial charge is 0.372 e. The van der Waals surface area contributed by atoms with E-state index in [9.17, 15) is 0 Å². The Hall–Kier alpha value is -0.120. The van der Waals surface area contributed by atoms with Gasteiger partial charge in [0.15, 0.2) is 0 Å². The van der Waals surface area contributed by atoms with Crippen LogP contribution in [-0.4, -0.2) is 49.8 Å². The van der Waals surface area contributed by atoms with Gasteiger partial charge in [0, 0.05) is 19.1 Å². The van der Waals surface area contributed by atoms with Crippen molar-refractivity contribution >= 4 is 0 Å². The minimum absolute atomic E-state index is 0.433. The lowest BCUT2D eigenvalue weighted by molar-refractivity contribution is 0.0184. The Morgan fingerprint density at radius 3 is 2.47 bits per heavy atom. The topological polar surface area (TPSA) is 24.5 Å². The maximum Gasteiger partial charge on any atom is 0.0707 e. The smallest absolute Gasteiger partial charge is 0.0707 e. The van der Waals surface area contributed by atoms with Crippen molar-refractivity contribution in [3.05, 3.63) is 0 Å². The van der Waals surface area contributed by atoms with Crippen LogP contribution in [0.2, 0.25) is 0 Å². The highest BCUT2D eigenvalue weighted by atomic mass is 16.5. The number of rotatable bonds is 7. The zero-order valence-electron chi connectivity index (χ0n) is 12.2. The number of hydrogen-bond donors (Lipinski definition) is 1. The first-order chi connectivity index (χ1) is 8.04. The Labute approximate surface area is 107 Å². The molecule has 0 spiro atoms. The molecule has 1 aliphatic rings. The average molecular weight is 242 g/mol. The van der Waals surface area contributed by atoms with E-state index in [0.29, 0.717) is 24.2 Å². The zero-order valence-corrected chi connectivity index (χ0v) is 12.2. The van der Waals surface area contributed by atoms with Crippen LogP contribution >= 0.6 is 0 Å². The number of ether oxygens (including phenoxy) is 1. The first-order valence-corrected chi connectivity index (χ1v) is 7.11. The molecule has 3 heteroatoms. The normalized spacial score (nSPS) is 27.0. The summed E-state index contributed by atoms with van der Waals surface area (Å²) in [5.74, 6) is 0.707. The second-order valence-corrected chi connectivity index (χ2v) is 5.69. The van der Waals surface area contributed by atoms with E-state index in [0.717, 1.165) is 19.6 Å². The molecule has 1 fully saturated rings. The van der Waals surface area contributed by atoms with Gasteiger partial charge in [-0.15, -0.1) is 0 Å². The van der Waals surface area contributed by atoms with Gasteiger partial charge in [-0.2, -0.15) is 0 Å². The van der Waals surface area contributed by atoms with Crippen LogP contribution in [0.25, 0.3) is 0 Å². The number of likely N-dealkylation sites (N-methyl/N-ethyl adjacent to an activating group) is 2. The molecule has 102 valence electrons. The molecule has 3 atom stereocenters. The van der Waals surface area contributed by atoms with Crippen molar-refractivity contribution in [2.24, 2.45) is 5.92 Å². The molecule has 1 aliphatic heterocycles. The van der Waals surface area contributed by atoms with E-state index in [1.165, 1.54) is 12.8 Å². The lowest BCUT2D eigenvalue weighted by Gasteiger charge is -2.30. The lowest BCUT2D eigenvalue weighted by atomic mass is 10.0. The fraction of sp³-hybridized carbons (Fsp3) is 1.00. The first kappa shape index (κ1) is 14.9. The lowest BCUT2D eigenvalue weighted by Crippen LogP contribution is -2.39. The predicted octanol–water partition coefficient (Wildman–Crippen LogP) is 2.12. The number of hydrogen-bond acceptors (Lipinski definition) is 3. The molecule has 3 nitrogen and oxygen atoms in total. The average Bonchev–Trinajstić information content (AvgIpc) is 2.72. The van der Waals surface area contributed by atoms with Crippen molar-refractivity contribution < 1.29 is 4.74 Å². The van der Waals surface area contributed by atoms with Crippen molar-refractivity contribution in [3.8, 4) is 0 Å². The van der Waals surface area contributed by atoms with Gasteiger partial charge in [-0.1, -0.05) is 20.8 Å². The molecule has 17 heavy (non-hydrogen) atoms. The molecular formula is C14H30N2O. The Kier molecular flexibility index (Phi) is 6.45. The molecule has 0 amide bonds. The molecular weight excluding hydrogens is 212 g/mol. The van der Waals surface area contributed by atoms with E-state index in [-0.39, 0.29) is 0 Å². The highest BCUT2D eigenvalue weighted by Crippen LogP contribution is 2.21.